The van der Waals surface area contributed by atoms with Gasteiger partial charge in [0.1, 0.15) is 0 Å². The first kappa shape index (κ1) is 18.0. The number of amides is 2. The van der Waals surface area contributed by atoms with Crippen LogP contribution in [0.1, 0.15) is 13.8 Å². The summed E-state index contributed by atoms with van der Waals surface area (Å²) >= 11 is 0. The molecule has 24 heavy (non-hydrogen) atoms. The zero-order valence-corrected chi connectivity index (χ0v) is 14.7. The first-order valence-electron chi connectivity index (χ1n) is 7.84. The number of nitrogens with one attached hydrogen (secondary N) is 1. The van der Waals surface area contributed by atoms with Crippen LogP contribution in [0, 0.1) is 0 Å². The number of benzene rings is 2. The molecule has 2 aromatic rings. The van der Waals surface area contributed by atoms with E-state index in [2.05, 4.69) is 5.32 Å². The molecule has 0 aromatic heterocycles. The van der Waals surface area contributed by atoms with E-state index in [0.717, 1.165) is 0 Å². The molecule has 128 valence electrons. The SMILES string of the molecule is CCS(=O)(=O)C[C@H](C)NC(=O)N(c1ccccc1)c1ccccc1. The second-order valence-electron chi connectivity index (χ2n) is 5.56. The molecule has 6 heteroatoms. The third kappa shape index (κ3) is 4.83. The van der Waals surface area contributed by atoms with Crippen LogP contribution in [0.15, 0.2) is 60.7 Å². The van der Waals surface area contributed by atoms with Gasteiger partial charge in [0.15, 0.2) is 9.84 Å². The second kappa shape index (κ2) is 7.97. The van der Waals surface area contributed by atoms with Gasteiger partial charge in [-0.05, 0) is 31.2 Å². The van der Waals surface area contributed by atoms with Crippen LogP contribution in [0.25, 0.3) is 0 Å². The van der Waals surface area contributed by atoms with Crippen molar-refractivity contribution in [2.75, 3.05) is 16.4 Å². The van der Waals surface area contributed by atoms with Gasteiger partial charge in [0.2, 0.25) is 0 Å². The molecule has 0 saturated heterocycles. The molecule has 0 saturated carbocycles. The minimum absolute atomic E-state index is 0.0638. The Labute approximate surface area is 143 Å². The van der Waals surface area contributed by atoms with Gasteiger partial charge in [-0.1, -0.05) is 43.3 Å². The van der Waals surface area contributed by atoms with Gasteiger partial charge in [0.25, 0.3) is 0 Å². The number of rotatable bonds is 6. The van der Waals surface area contributed by atoms with Crippen molar-refractivity contribution in [2.45, 2.75) is 19.9 Å². The lowest BCUT2D eigenvalue weighted by Crippen LogP contribution is -2.44. The third-order valence-electron chi connectivity index (χ3n) is 3.55. The van der Waals surface area contributed by atoms with E-state index < -0.39 is 15.9 Å². The van der Waals surface area contributed by atoms with E-state index in [1.807, 2.05) is 60.7 Å². The van der Waals surface area contributed by atoms with E-state index in [-0.39, 0.29) is 17.5 Å². The van der Waals surface area contributed by atoms with E-state index in [1.165, 1.54) is 4.90 Å². The normalized spacial score (nSPS) is 12.4. The topological polar surface area (TPSA) is 66.5 Å². The number of hydrogen-bond donors (Lipinski definition) is 1. The smallest absolute Gasteiger partial charge is 0.326 e. The van der Waals surface area contributed by atoms with Crippen LogP contribution in [0.3, 0.4) is 0 Å². The maximum absolute atomic E-state index is 12.7. The molecule has 0 aliphatic carbocycles. The Hall–Kier alpha value is -2.34. The highest BCUT2D eigenvalue weighted by Gasteiger charge is 2.21. The summed E-state index contributed by atoms with van der Waals surface area (Å²) in [6, 6.07) is 17.7. The van der Waals surface area contributed by atoms with Gasteiger partial charge in [-0.3, -0.25) is 4.90 Å². The number of anilines is 2. The molecule has 0 heterocycles. The van der Waals surface area contributed by atoms with E-state index in [9.17, 15) is 13.2 Å². The largest absolute Gasteiger partial charge is 0.334 e. The molecule has 0 radical (unpaired) electrons. The molecule has 0 aliphatic heterocycles. The predicted molar refractivity (Wildman–Crippen MR) is 97.3 cm³/mol. The molecule has 0 aliphatic rings. The average molecular weight is 346 g/mol. The van der Waals surface area contributed by atoms with Gasteiger partial charge in [0.05, 0.1) is 17.1 Å². The van der Waals surface area contributed by atoms with Crippen molar-refractivity contribution in [3.05, 3.63) is 60.7 Å². The van der Waals surface area contributed by atoms with Crippen LogP contribution in [0.5, 0.6) is 0 Å². The van der Waals surface area contributed by atoms with Crippen molar-refractivity contribution in [2.24, 2.45) is 0 Å². The van der Waals surface area contributed by atoms with Crippen molar-refractivity contribution >= 4 is 27.2 Å². The quantitative estimate of drug-likeness (QED) is 0.872. The Morgan fingerprint density at radius 1 is 1.00 bits per heavy atom. The first-order chi connectivity index (χ1) is 11.4. The van der Waals surface area contributed by atoms with E-state index in [1.54, 1.807) is 13.8 Å². The highest BCUT2D eigenvalue weighted by atomic mass is 32.2. The molecule has 5 nitrogen and oxygen atoms in total. The van der Waals surface area contributed by atoms with E-state index >= 15 is 0 Å². The fourth-order valence-corrected chi connectivity index (χ4v) is 3.43. The van der Waals surface area contributed by atoms with Gasteiger partial charge in [-0.25, -0.2) is 13.2 Å². The third-order valence-corrected chi connectivity index (χ3v) is 5.43. The number of carbonyl (C=O) groups is 1. The Kier molecular flexibility index (Phi) is 5.98. The van der Waals surface area contributed by atoms with Crippen molar-refractivity contribution in [3.8, 4) is 0 Å². The summed E-state index contributed by atoms with van der Waals surface area (Å²) in [5, 5.41) is 2.78. The molecule has 0 unspecified atom stereocenters. The summed E-state index contributed by atoms with van der Waals surface area (Å²) in [7, 11) is -3.15. The van der Waals surface area contributed by atoms with Crippen molar-refractivity contribution in [1.29, 1.82) is 0 Å². The lowest BCUT2D eigenvalue weighted by molar-refractivity contribution is 0.246. The summed E-state index contributed by atoms with van der Waals surface area (Å²) < 4.78 is 23.5. The maximum atomic E-state index is 12.7. The van der Waals surface area contributed by atoms with Crippen LogP contribution in [-0.4, -0.2) is 32.0 Å². The highest BCUT2D eigenvalue weighted by Crippen LogP contribution is 2.24. The molecular weight excluding hydrogens is 324 g/mol. The summed E-state index contributed by atoms with van der Waals surface area (Å²) in [6.07, 6.45) is 0. The van der Waals surface area contributed by atoms with Gasteiger partial charge >= 0.3 is 6.03 Å². The lowest BCUT2D eigenvalue weighted by atomic mass is 10.2. The molecule has 1 N–H and O–H groups in total. The Bertz CT molecular complexity index is 722. The van der Waals surface area contributed by atoms with Crippen LogP contribution in [0.4, 0.5) is 16.2 Å². The van der Waals surface area contributed by atoms with Gasteiger partial charge in [0, 0.05) is 11.8 Å². The Morgan fingerprint density at radius 3 is 1.88 bits per heavy atom. The number of carbonyl (C=O) groups excluding carboxylic acids is 1. The Balaban J connectivity index is 2.23. The predicted octanol–water partition coefficient (Wildman–Crippen LogP) is 3.36. The minimum Gasteiger partial charge on any atom is -0.334 e. The van der Waals surface area contributed by atoms with Crippen molar-refractivity contribution < 1.29 is 13.2 Å². The fourth-order valence-electron chi connectivity index (χ4n) is 2.35. The van der Waals surface area contributed by atoms with Crippen molar-refractivity contribution in [3.63, 3.8) is 0 Å². The first-order valence-corrected chi connectivity index (χ1v) is 9.66. The summed E-state index contributed by atoms with van der Waals surface area (Å²) in [4.78, 5) is 14.3. The molecule has 2 rings (SSSR count). The monoisotopic (exact) mass is 346 g/mol. The molecule has 2 aromatic carbocycles. The van der Waals surface area contributed by atoms with Crippen molar-refractivity contribution in [1.82, 2.24) is 5.32 Å². The summed E-state index contributed by atoms with van der Waals surface area (Å²) in [6.45, 7) is 3.30. The lowest BCUT2D eigenvalue weighted by Gasteiger charge is -2.25. The fraction of sp³-hybridized carbons (Fsp3) is 0.278. The zero-order chi connectivity index (χ0) is 17.6. The number of sulfone groups is 1. The van der Waals surface area contributed by atoms with Crippen LogP contribution in [0.2, 0.25) is 0 Å². The van der Waals surface area contributed by atoms with Crippen LogP contribution >= 0.6 is 0 Å². The number of para-hydroxylation sites is 2. The number of urea groups is 1. The number of nitrogens with zero attached hydrogens (tertiary/aromatic N) is 1. The number of hydrogen-bond acceptors (Lipinski definition) is 3. The van der Waals surface area contributed by atoms with Gasteiger partial charge in [-0.15, -0.1) is 0 Å². The Morgan fingerprint density at radius 2 is 1.46 bits per heavy atom. The molecule has 0 fully saturated rings. The molecule has 1 atom stereocenters. The standard InChI is InChI=1S/C18H22N2O3S/c1-3-24(22,23)14-15(2)19-18(21)20(16-10-6-4-7-11-16)17-12-8-5-9-13-17/h4-13,15H,3,14H2,1-2H3,(H,19,21)/t15-/m0/s1. The average Bonchev–Trinajstić information content (AvgIpc) is 2.56. The van der Waals surface area contributed by atoms with Crippen LogP contribution in [-0.2, 0) is 9.84 Å². The summed E-state index contributed by atoms with van der Waals surface area (Å²) in [5.74, 6) is -0.0129. The van der Waals surface area contributed by atoms with E-state index in [0.29, 0.717) is 11.4 Å². The molecular formula is C18H22N2O3S. The second-order valence-corrected chi connectivity index (χ2v) is 7.95. The highest BCUT2D eigenvalue weighted by molar-refractivity contribution is 7.91. The van der Waals surface area contributed by atoms with Gasteiger partial charge in [-0.2, -0.15) is 0 Å². The molecule has 2 amide bonds. The zero-order valence-electron chi connectivity index (χ0n) is 13.8. The molecule has 0 bridgehead atoms. The minimum atomic E-state index is -3.15. The summed E-state index contributed by atoms with van der Waals surface area (Å²) in [5.41, 5.74) is 1.43. The van der Waals surface area contributed by atoms with Crippen LogP contribution < -0.4 is 10.2 Å². The van der Waals surface area contributed by atoms with E-state index in [4.69, 9.17) is 0 Å². The molecule has 0 spiro atoms. The van der Waals surface area contributed by atoms with Gasteiger partial charge < -0.3 is 5.32 Å². The maximum Gasteiger partial charge on any atom is 0.326 e.